The number of hydrogen-bond acceptors (Lipinski definition) is 2. The van der Waals surface area contributed by atoms with E-state index in [4.69, 9.17) is 17.3 Å². The molecule has 0 aliphatic heterocycles. The first-order chi connectivity index (χ1) is 9.54. The number of rotatable bonds is 5. The van der Waals surface area contributed by atoms with Gasteiger partial charge in [-0.2, -0.15) is 0 Å². The molecule has 0 aliphatic carbocycles. The van der Waals surface area contributed by atoms with E-state index in [-0.39, 0.29) is 6.04 Å². The predicted octanol–water partition coefficient (Wildman–Crippen LogP) is 3.84. The average Bonchev–Trinajstić information content (AvgIpc) is 2.87. The first-order valence-corrected chi connectivity index (χ1v) is 7.39. The minimum atomic E-state index is 0.194. The minimum Gasteiger partial charge on any atom is -0.330 e. The molecule has 0 aliphatic rings. The summed E-state index contributed by atoms with van der Waals surface area (Å²) < 4.78 is 2.20. The first-order valence-electron chi connectivity index (χ1n) is 7.01. The van der Waals surface area contributed by atoms with E-state index in [9.17, 15) is 0 Å². The van der Waals surface area contributed by atoms with Crippen LogP contribution in [0, 0.1) is 5.92 Å². The normalized spacial score (nSPS) is 14.5. The summed E-state index contributed by atoms with van der Waals surface area (Å²) >= 11 is 6.09. The van der Waals surface area contributed by atoms with Crippen LogP contribution in [0.4, 0.5) is 0 Å². The molecule has 2 unspecified atom stereocenters. The smallest absolute Gasteiger partial charge is 0.0953 e. The molecular weight excluding hydrogens is 270 g/mol. The van der Waals surface area contributed by atoms with Crippen LogP contribution in [0.15, 0.2) is 36.8 Å². The summed E-state index contributed by atoms with van der Waals surface area (Å²) in [5.41, 5.74) is 8.30. The van der Waals surface area contributed by atoms with Crippen molar-refractivity contribution in [1.29, 1.82) is 0 Å². The molecule has 0 amide bonds. The minimum absolute atomic E-state index is 0.194. The number of aromatic nitrogens is 2. The molecule has 4 heteroatoms. The van der Waals surface area contributed by atoms with Gasteiger partial charge in [-0.3, -0.25) is 0 Å². The van der Waals surface area contributed by atoms with Gasteiger partial charge in [0.05, 0.1) is 12.4 Å². The van der Waals surface area contributed by atoms with Crippen molar-refractivity contribution in [3.8, 4) is 0 Å². The van der Waals surface area contributed by atoms with Crippen LogP contribution in [0.5, 0.6) is 0 Å². The second kappa shape index (κ2) is 6.42. The van der Waals surface area contributed by atoms with Gasteiger partial charge in [-0.1, -0.05) is 37.6 Å². The van der Waals surface area contributed by atoms with Crippen LogP contribution in [-0.4, -0.2) is 16.1 Å². The second-order valence-corrected chi connectivity index (χ2v) is 5.98. The van der Waals surface area contributed by atoms with E-state index >= 15 is 0 Å². The van der Waals surface area contributed by atoms with Crippen LogP contribution in [0.1, 0.15) is 44.0 Å². The van der Waals surface area contributed by atoms with Crippen molar-refractivity contribution in [3.05, 3.63) is 53.1 Å². The molecule has 0 fully saturated rings. The van der Waals surface area contributed by atoms with Gasteiger partial charge in [0.25, 0.3) is 0 Å². The van der Waals surface area contributed by atoms with E-state index < -0.39 is 0 Å². The number of hydrogen-bond donors (Lipinski definition) is 1. The molecule has 108 valence electrons. The number of halogens is 1. The molecular formula is C16H22ClN3. The van der Waals surface area contributed by atoms with E-state index in [1.165, 1.54) is 11.3 Å². The molecule has 0 bridgehead atoms. The molecule has 0 saturated carbocycles. The molecule has 1 heterocycles. The quantitative estimate of drug-likeness (QED) is 0.909. The van der Waals surface area contributed by atoms with Crippen LogP contribution < -0.4 is 5.73 Å². The lowest BCUT2D eigenvalue weighted by Gasteiger charge is -2.24. The van der Waals surface area contributed by atoms with E-state index in [1.807, 2.05) is 30.7 Å². The SMILES string of the molecule is CC(C)C(CN)c1cncn1C(C)c1cccc(Cl)c1. The Morgan fingerprint density at radius 2 is 2.05 bits per heavy atom. The van der Waals surface area contributed by atoms with Crippen molar-refractivity contribution in [2.45, 2.75) is 32.7 Å². The molecule has 2 aromatic rings. The van der Waals surface area contributed by atoms with Gasteiger partial charge in [-0.25, -0.2) is 4.98 Å². The highest BCUT2D eigenvalue weighted by Crippen LogP contribution is 2.28. The van der Waals surface area contributed by atoms with Crippen molar-refractivity contribution < 1.29 is 0 Å². The lowest BCUT2D eigenvalue weighted by molar-refractivity contribution is 0.463. The zero-order valence-electron chi connectivity index (χ0n) is 12.3. The maximum atomic E-state index is 6.09. The molecule has 2 N–H and O–H groups in total. The van der Waals surface area contributed by atoms with Gasteiger partial charge >= 0.3 is 0 Å². The Morgan fingerprint density at radius 1 is 1.30 bits per heavy atom. The van der Waals surface area contributed by atoms with Crippen molar-refractivity contribution in [2.24, 2.45) is 11.7 Å². The molecule has 1 aromatic carbocycles. The highest BCUT2D eigenvalue weighted by atomic mass is 35.5. The Kier molecular flexibility index (Phi) is 4.84. The van der Waals surface area contributed by atoms with Gasteiger partial charge in [-0.15, -0.1) is 0 Å². The summed E-state index contributed by atoms with van der Waals surface area (Å²) in [6.45, 7) is 7.17. The fourth-order valence-electron chi connectivity index (χ4n) is 2.59. The van der Waals surface area contributed by atoms with Gasteiger partial charge in [0, 0.05) is 29.4 Å². The van der Waals surface area contributed by atoms with Gasteiger partial charge in [0.15, 0.2) is 0 Å². The van der Waals surface area contributed by atoms with Crippen molar-refractivity contribution in [3.63, 3.8) is 0 Å². The summed E-state index contributed by atoms with van der Waals surface area (Å²) in [6, 6.07) is 8.16. The number of nitrogens with zero attached hydrogens (tertiary/aromatic N) is 2. The first kappa shape index (κ1) is 15.1. The van der Waals surface area contributed by atoms with Crippen LogP contribution >= 0.6 is 11.6 Å². The molecule has 20 heavy (non-hydrogen) atoms. The van der Waals surface area contributed by atoms with E-state index in [0.717, 1.165) is 5.02 Å². The summed E-state index contributed by atoms with van der Waals surface area (Å²) in [6.07, 6.45) is 3.81. The third-order valence-corrected chi connectivity index (χ3v) is 4.12. The molecule has 2 atom stereocenters. The summed E-state index contributed by atoms with van der Waals surface area (Å²) in [4.78, 5) is 4.32. The maximum absolute atomic E-state index is 6.09. The van der Waals surface area contributed by atoms with Gasteiger partial charge in [-0.05, 0) is 30.5 Å². The maximum Gasteiger partial charge on any atom is 0.0953 e. The Bertz CT molecular complexity index is 562. The monoisotopic (exact) mass is 291 g/mol. The second-order valence-electron chi connectivity index (χ2n) is 5.54. The highest BCUT2D eigenvalue weighted by molar-refractivity contribution is 6.30. The van der Waals surface area contributed by atoms with Gasteiger partial charge < -0.3 is 10.3 Å². The van der Waals surface area contributed by atoms with Crippen molar-refractivity contribution in [1.82, 2.24) is 9.55 Å². The van der Waals surface area contributed by atoms with Crippen LogP contribution in [0.3, 0.4) is 0 Å². The number of imidazole rings is 1. The summed E-state index contributed by atoms with van der Waals surface area (Å²) in [7, 11) is 0. The average molecular weight is 292 g/mol. The van der Waals surface area contributed by atoms with E-state index in [2.05, 4.69) is 36.4 Å². The lowest BCUT2D eigenvalue weighted by Crippen LogP contribution is -2.22. The lowest BCUT2D eigenvalue weighted by atomic mass is 9.92. The van der Waals surface area contributed by atoms with Crippen LogP contribution in [-0.2, 0) is 0 Å². The number of benzene rings is 1. The summed E-state index contributed by atoms with van der Waals surface area (Å²) in [5, 5.41) is 0.759. The Hall–Kier alpha value is -1.32. The fraction of sp³-hybridized carbons (Fsp3) is 0.438. The van der Waals surface area contributed by atoms with Gasteiger partial charge in [0.1, 0.15) is 0 Å². The molecule has 0 saturated heterocycles. The Balaban J connectivity index is 2.36. The standard InChI is InChI=1S/C16H22ClN3/c1-11(2)15(8-18)16-9-19-10-20(16)12(3)13-5-4-6-14(17)7-13/h4-7,9-12,15H,8,18H2,1-3H3. The topological polar surface area (TPSA) is 43.8 Å². The van der Waals surface area contributed by atoms with Crippen molar-refractivity contribution >= 4 is 11.6 Å². The largest absolute Gasteiger partial charge is 0.330 e. The third-order valence-electron chi connectivity index (χ3n) is 3.88. The number of nitrogens with two attached hydrogens (primary N) is 1. The molecule has 2 rings (SSSR count). The van der Waals surface area contributed by atoms with E-state index in [0.29, 0.717) is 18.4 Å². The van der Waals surface area contributed by atoms with E-state index in [1.54, 1.807) is 0 Å². The van der Waals surface area contributed by atoms with Gasteiger partial charge in [0.2, 0.25) is 0 Å². The molecule has 3 nitrogen and oxygen atoms in total. The molecule has 0 spiro atoms. The zero-order valence-corrected chi connectivity index (χ0v) is 13.0. The molecule has 0 radical (unpaired) electrons. The Morgan fingerprint density at radius 3 is 2.65 bits per heavy atom. The highest BCUT2D eigenvalue weighted by Gasteiger charge is 2.21. The zero-order chi connectivity index (χ0) is 14.7. The Labute approximate surface area is 125 Å². The van der Waals surface area contributed by atoms with Crippen LogP contribution in [0.2, 0.25) is 5.02 Å². The summed E-state index contributed by atoms with van der Waals surface area (Å²) in [5.74, 6) is 0.807. The molecule has 1 aromatic heterocycles. The van der Waals surface area contributed by atoms with Crippen molar-refractivity contribution in [2.75, 3.05) is 6.54 Å². The van der Waals surface area contributed by atoms with Crippen LogP contribution in [0.25, 0.3) is 0 Å². The fourth-order valence-corrected chi connectivity index (χ4v) is 2.79. The third kappa shape index (κ3) is 3.05. The predicted molar refractivity (Wildman–Crippen MR) is 84.1 cm³/mol.